The van der Waals surface area contributed by atoms with E-state index in [1.165, 1.54) is 29.8 Å². The predicted molar refractivity (Wildman–Crippen MR) is 86.3 cm³/mol. The molecule has 1 aliphatic rings. The molecule has 0 aliphatic carbocycles. The van der Waals surface area contributed by atoms with Crippen molar-refractivity contribution >= 4 is 17.4 Å². The maximum absolute atomic E-state index is 3.71. The number of piperazine rings is 1. The third-order valence-electron chi connectivity index (χ3n) is 4.00. The van der Waals surface area contributed by atoms with Crippen molar-refractivity contribution in [3.63, 3.8) is 0 Å². The number of nitrogens with one attached hydrogen (secondary N) is 1. The van der Waals surface area contributed by atoms with Gasteiger partial charge in [0.2, 0.25) is 0 Å². The Hall–Kier alpha value is -0.670. The zero-order valence-electron chi connectivity index (χ0n) is 12.4. The molecule has 2 rings (SSSR count). The first-order valence-corrected chi connectivity index (χ1v) is 8.65. The quantitative estimate of drug-likeness (QED) is 0.826. The first-order chi connectivity index (χ1) is 9.30. The molecule has 2 atom stereocenters. The van der Waals surface area contributed by atoms with E-state index in [1.807, 2.05) is 11.8 Å². The maximum Gasteiger partial charge on any atom is 0.0507 e. The second-order valence-corrected chi connectivity index (χ2v) is 6.13. The lowest BCUT2D eigenvalue weighted by Gasteiger charge is -2.42. The molecule has 0 amide bonds. The molecule has 0 spiro atoms. The summed E-state index contributed by atoms with van der Waals surface area (Å²) in [6.45, 7) is 6.82. The number of anilines is 1. The van der Waals surface area contributed by atoms with E-state index in [2.05, 4.69) is 54.6 Å². The number of benzene rings is 1. The molecule has 1 aromatic rings. The van der Waals surface area contributed by atoms with E-state index in [9.17, 15) is 0 Å². The largest absolute Gasteiger partial charge is 0.365 e. The summed E-state index contributed by atoms with van der Waals surface area (Å²) in [5, 5.41) is 3.71. The Balaban J connectivity index is 2.22. The lowest BCUT2D eigenvalue weighted by molar-refractivity contribution is 0.368. The van der Waals surface area contributed by atoms with Gasteiger partial charge in [-0.15, -0.1) is 11.8 Å². The van der Waals surface area contributed by atoms with Crippen LogP contribution >= 0.6 is 11.8 Å². The zero-order chi connectivity index (χ0) is 13.7. The molecule has 1 N–H and O–H groups in total. The van der Waals surface area contributed by atoms with Gasteiger partial charge in [-0.3, -0.25) is 0 Å². The van der Waals surface area contributed by atoms with E-state index in [1.54, 1.807) is 0 Å². The van der Waals surface area contributed by atoms with Gasteiger partial charge in [-0.25, -0.2) is 0 Å². The molecule has 1 saturated heterocycles. The van der Waals surface area contributed by atoms with Crippen molar-refractivity contribution in [2.75, 3.05) is 24.2 Å². The van der Waals surface area contributed by atoms with Crippen LogP contribution in [-0.2, 0) is 0 Å². The van der Waals surface area contributed by atoms with Crippen molar-refractivity contribution in [3.05, 3.63) is 24.3 Å². The van der Waals surface area contributed by atoms with Crippen LogP contribution < -0.4 is 10.2 Å². The summed E-state index contributed by atoms with van der Waals surface area (Å²) in [4.78, 5) is 4.03. The molecule has 2 nitrogen and oxygen atoms in total. The van der Waals surface area contributed by atoms with Gasteiger partial charge in [-0.05, 0) is 31.2 Å². The number of thioether (sulfide) groups is 1. The van der Waals surface area contributed by atoms with Crippen LogP contribution in [0.3, 0.4) is 0 Å². The van der Waals surface area contributed by atoms with Gasteiger partial charge in [0.05, 0.1) is 5.69 Å². The van der Waals surface area contributed by atoms with Gasteiger partial charge in [0.25, 0.3) is 0 Å². The molecule has 0 radical (unpaired) electrons. The Kier molecular flexibility index (Phi) is 5.59. The molecule has 106 valence electrons. The van der Waals surface area contributed by atoms with Crippen LogP contribution in [0.2, 0.25) is 0 Å². The summed E-state index contributed by atoms with van der Waals surface area (Å²) in [6.07, 6.45) is 5.90. The summed E-state index contributed by atoms with van der Waals surface area (Å²) < 4.78 is 0. The van der Waals surface area contributed by atoms with Gasteiger partial charge < -0.3 is 10.2 Å². The number of para-hydroxylation sites is 1. The molecule has 1 aromatic carbocycles. The van der Waals surface area contributed by atoms with Crippen LogP contribution in [0.15, 0.2) is 29.2 Å². The second-order valence-electron chi connectivity index (χ2n) is 5.28. The molecule has 19 heavy (non-hydrogen) atoms. The first-order valence-electron chi connectivity index (χ1n) is 7.43. The molecule has 0 bridgehead atoms. The normalized spacial score (nSPS) is 23.6. The SMILES string of the molecule is CCCC1CN(c2ccccc2SC)C(CC)CN1. The van der Waals surface area contributed by atoms with Crippen molar-refractivity contribution in [3.8, 4) is 0 Å². The van der Waals surface area contributed by atoms with Gasteiger partial charge in [-0.1, -0.05) is 32.4 Å². The Morgan fingerprint density at radius 3 is 2.79 bits per heavy atom. The highest BCUT2D eigenvalue weighted by atomic mass is 32.2. The lowest BCUT2D eigenvalue weighted by Crippen LogP contribution is -2.56. The number of nitrogens with zero attached hydrogens (tertiary/aromatic N) is 1. The summed E-state index contributed by atoms with van der Waals surface area (Å²) in [5.74, 6) is 0. The van der Waals surface area contributed by atoms with Crippen molar-refractivity contribution in [1.29, 1.82) is 0 Å². The smallest absolute Gasteiger partial charge is 0.0507 e. The predicted octanol–water partition coefficient (Wildman–Crippen LogP) is 3.77. The van der Waals surface area contributed by atoms with Crippen molar-refractivity contribution in [1.82, 2.24) is 5.32 Å². The summed E-state index contributed by atoms with van der Waals surface area (Å²) in [7, 11) is 0. The minimum atomic E-state index is 0.626. The third kappa shape index (κ3) is 3.46. The molecule has 0 saturated carbocycles. The Bertz CT molecular complexity index is 394. The van der Waals surface area contributed by atoms with Crippen molar-refractivity contribution in [2.45, 2.75) is 50.1 Å². The Morgan fingerprint density at radius 2 is 2.11 bits per heavy atom. The number of hydrogen-bond acceptors (Lipinski definition) is 3. The van der Waals surface area contributed by atoms with Gasteiger partial charge >= 0.3 is 0 Å². The van der Waals surface area contributed by atoms with Crippen LogP contribution in [0.25, 0.3) is 0 Å². The Morgan fingerprint density at radius 1 is 1.32 bits per heavy atom. The fourth-order valence-corrected chi connectivity index (χ4v) is 3.54. The fraction of sp³-hybridized carbons (Fsp3) is 0.625. The van der Waals surface area contributed by atoms with Crippen molar-refractivity contribution in [2.24, 2.45) is 0 Å². The van der Waals surface area contributed by atoms with Gasteiger partial charge in [0, 0.05) is 30.1 Å². The lowest BCUT2D eigenvalue weighted by atomic mass is 10.0. The standard InChI is InChI=1S/C16H26N2S/c1-4-8-13-12-18(14(5-2)11-17-13)15-9-6-7-10-16(15)19-3/h6-7,9-10,13-14,17H,4-5,8,11-12H2,1-3H3. The average Bonchev–Trinajstić information content (AvgIpc) is 2.47. The number of hydrogen-bond donors (Lipinski definition) is 1. The Labute approximate surface area is 122 Å². The highest BCUT2D eigenvalue weighted by Crippen LogP contribution is 2.31. The van der Waals surface area contributed by atoms with Gasteiger partial charge in [0.1, 0.15) is 0 Å². The van der Waals surface area contributed by atoms with E-state index in [0.29, 0.717) is 12.1 Å². The highest BCUT2D eigenvalue weighted by Gasteiger charge is 2.27. The minimum Gasteiger partial charge on any atom is -0.365 e. The molecular weight excluding hydrogens is 252 g/mol. The van der Waals surface area contributed by atoms with E-state index < -0.39 is 0 Å². The topological polar surface area (TPSA) is 15.3 Å². The summed E-state index contributed by atoms with van der Waals surface area (Å²) in [6, 6.07) is 10.1. The van der Waals surface area contributed by atoms with E-state index in [4.69, 9.17) is 0 Å². The van der Waals surface area contributed by atoms with Crippen LogP contribution in [0.1, 0.15) is 33.1 Å². The van der Waals surface area contributed by atoms with Gasteiger partial charge in [0.15, 0.2) is 0 Å². The summed E-state index contributed by atoms with van der Waals surface area (Å²) >= 11 is 1.85. The van der Waals surface area contributed by atoms with E-state index in [0.717, 1.165) is 13.1 Å². The first kappa shape index (κ1) is 14.7. The van der Waals surface area contributed by atoms with Crippen LogP contribution in [0.4, 0.5) is 5.69 Å². The van der Waals surface area contributed by atoms with Crippen LogP contribution in [0, 0.1) is 0 Å². The molecule has 3 heteroatoms. The molecule has 2 unspecified atom stereocenters. The molecule has 1 heterocycles. The zero-order valence-corrected chi connectivity index (χ0v) is 13.2. The number of rotatable bonds is 5. The molecule has 1 fully saturated rings. The average molecular weight is 278 g/mol. The highest BCUT2D eigenvalue weighted by molar-refractivity contribution is 7.98. The molecular formula is C16H26N2S. The third-order valence-corrected chi connectivity index (χ3v) is 4.79. The van der Waals surface area contributed by atoms with Gasteiger partial charge in [-0.2, -0.15) is 0 Å². The fourth-order valence-electron chi connectivity index (χ4n) is 2.93. The van der Waals surface area contributed by atoms with Crippen molar-refractivity contribution < 1.29 is 0 Å². The summed E-state index contributed by atoms with van der Waals surface area (Å²) in [5.41, 5.74) is 1.42. The van der Waals surface area contributed by atoms with Crippen LogP contribution in [0.5, 0.6) is 0 Å². The van der Waals surface area contributed by atoms with Crippen LogP contribution in [-0.4, -0.2) is 31.4 Å². The second kappa shape index (κ2) is 7.20. The monoisotopic (exact) mass is 278 g/mol. The maximum atomic E-state index is 3.71. The molecule has 1 aliphatic heterocycles. The van der Waals surface area contributed by atoms with E-state index in [-0.39, 0.29) is 0 Å². The minimum absolute atomic E-state index is 0.626. The van der Waals surface area contributed by atoms with E-state index >= 15 is 0 Å². The molecule has 0 aromatic heterocycles.